The van der Waals surface area contributed by atoms with Gasteiger partial charge in [-0.2, -0.15) is 0 Å². The molecule has 16 heavy (non-hydrogen) atoms. The molecule has 0 bridgehead atoms. The highest BCUT2D eigenvalue weighted by Gasteiger charge is 2.25. The van der Waals surface area contributed by atoms with E-state index in [2.05, 4.69) is 11.7 Å². The van der Waals surface area contributed by atoms with E-state index in [4.69, 9.17) is 0 Å². The fourth-order valence-electron chi connectivity index (χ4n) is 1.54. The minimum absolute atomic E-state index is 0.0597. The number of hydrogen-bond donors (Lipinski definition) is 0. The third kappa shape index (κ3) is 3.49. The molecule has 0 saturated carbocycles. The van der Waals surface area contributed by atoms with Gasteiger partial charge in [-0.05, 0) is 13.1 Å². The zero-order valence-electron chi connectivity index (χ0n) is 9.56. The van der Waals surface area contributed by atoms with Gasteiger partial charge < -0.3 is 4.90 Å². The molecule has 1 rings (SSSR count). The Morgan fingerprint density at radius 3 is 2.62 bits per heavy atom. The second-order valence-corrected chi connectivity index (χ2v) is 3.75. The Labute approximate surface area is 95.4 Å². The number of nitrogens with zero attached hydrogens (tertiary/aromatic N) is 3. The average molecular weight is 223 g/mol. The number of rotatable bonds is 5. The molecule has 2 amide bonds. The molecule has 0 spiro atoms. The van der Waals surface area contributed by atoms with E-state index in [0.717, 1.165) is 0 Å². The van der Waals surface area contributed by atoms with Crippen molar-refractivity contribution in [1.82, 2.24) is 9.80 Å². The van der Waals surface area contributed by atoms with Crippen molar-refractivity contribution >= 4 is 18.5 Å². The number of aliphatic imine (C=N–C) groups is 1. The minimum Gasteiger partial charge on any atom is -0.377 e. The monoisotopic (exact) mass is 223 g/mol. The molecule has 1 saturated heterocycles. The van der Waals surface area contributed by atoms with Crippen molar-refractivity contribution in [2.24, 2.45) is 4.99 Å². The van der Waals surface area contributed by atoms with Gasteiger partial charge in [-0.1, -0.05) is 0 Å². The number of hydrogen-bond acceptors (Lipinski definition) is 4. The number of carbonyl (C=O) groups is 2. The summed E-state index contributed by atoms with van der Waals surface area (Å²) in [5.41, 5.74) is 0. The van der Waals surface area contributed by atoms with E-state index in [0.29, 0.717) is 32.4 Å². The second kappa shape index (κ2) is 6.05. The van der Waals surface area contributed by atoms with Crippen LogP contribution in [0.5, 0.6) is 0 Å². The zero-order valence-corrected chi connectivity index (χ0v) is 9.56. The number of likely N-dealkylation sites (tertiary alicyclic amines) is 1. The van der Waals surface area contributed by atoms with Gasteiger partial charge in [-0.25, -0.2) is 0 Å². The molecule has 1 aliphatic heterocycles. The summed E-state index contributed by atoms with van der Waals surface area (Å²) in [5.74, 6) is -0.119. The summed E-state index contributed by atoms with van der Waals surface area (Å²) in [6.45, 7) is 4.38. The fraction of sp³-hybridized carbons (Fsp3) is 0.545. The maximum atomic E-state index is 11.5. The number of piperidine rings is 1. The summed E-state index contributed by atoms with van der Waals surface area (Å²) in [5, 5.41) is 0. The fourth-order valence-corrected chi connectivity index (χ4v) is 1.54. The molecule has 1 heterocycles. The van der Waals surface area contributed by atoms with Crippen LogP contribution < -0.4 is 0 Å². The number of imide groups is 1. The molecule has 0 aromatic carbocycles. The summed E-state index contributed by atoms with van der Waals surface area (Å²) < 4.78 is 0. The van der Waals surface area contributed by atoms with Gasteiger partial charge in [-0.15, -0.1) is 0 Å². The van der Waals surface area contributed by atoms with Crippen molar-refractivity contribution < 1.29 is 9.59 Å². The van der Waals surface area contributed by atoms with Crippen LogP contribution in [0.15, 0.2) is 17.4 Å². The van der Waals surface area contributed by atoms with E-state index < -0.39 is 0 Å². The lowest BCUT2D eigenvalue weighted by Crippen LogP contribution is -2.43. The van der Waals surface area contributed by atoms with Crippen molar-refractivity contribution in [2.75, 3.05) is 20.1 Å². The minimum atomic E-state index is -0.0597. The van der Waals surface area contributed by atoms with Gasteiger partial charge in [0.2, 0.25) is 11.8 Å². The van der Waals surface area contributed by atoms with E-state index in [1.165, 1.54) is 4.90 Å². The molecule has 5 heteroatoms. The van der Waals surface area contributed by atoms with Gasteiger partial charge in [0.05, 0.1) is 0 Å². The molecule has 88 valence electrons. The Hall–Kier alpha value is -1.65. The largest absolute Gasteiger partial charge is 0.377 e. The summed E-state index contributed by atoms with van der Waals surface area (Å²) in [6, 6.07) is 0. The highest BCUT2D eigenvalue weighted by Crippen LogP contribution is 2.11. The number of carbonyl (C=O) groups excluding carboxylic acids is 2. The first kappa shape index (κ1) is 12.4. The molecule has 0 aromatic rings. The highest BCUT2D eigenvalue weighted by molar-refractivity contribution is 5.97. The van der Waals surface area contributed by atoms with Crippen LogP contribution in [0.2, 0.25) is 0 Å². The number of amides is 2. The molecular weight excluding hydrogens is 206 g/mol. The van der Waals surface area contributed by atoms with Crippen LogP contribution in [0.3, 0.4) is 0 Å². The standard InChI is InChI=1S/C11H17N3O2/c1-12-6-7-13(2)8-9-14-10(15)4-3-5-11(14)16/h6-7H,1,3-5,8-9H2,2H3. The molecule has 1 fully saturated rings. The summed E-state index contributed by atoms with van der Waals surface area (Å²) in [7, 11) is 1.86. The molecular formula is C11H17N3O2. The average Bonchev–Trinajstić information content (AvgIpc) is 2.25. The molecule has 0 aromatic heterocycles. The zero-order chi connectivity index (χ0) is 12.0. The topological polar surface area (TPSA) is 53.0 Å². The van der Waals surface area contributed by atoms with Crippen LogP contribution >= 0.6 is 0 Å². The smallest absolute Gasteiger partial charge is 0.229 e. The molecule has 0 atom stereocenters. The first-order valence-electron chi connectivity index (χ1n) is 5.31. The Morgan fingerprint density at radius 2 is 2.06 bits per heavy atom. The quantitative estimate of drug-likeness (QED) is 0.507. The SMILES string of the molecule is C=NC=CN(C)CCN1C(=O)CCCC1=O. The molecule has 5 nitrogen and oxygen atoms in total. The third-order valence-corrected chi connectivity index (χ3v) is 2.49. The van der Waals surface area contributed by atoms with Gasteiger partial charge in [0.25, 0.3) is 0 Å². The molecule has 0 radical (unpaired) electrons. The van der Waals surface area contributed by atoms with Gasteiger partial charge >= 0.3 is 0 Å². The van der Waals surface area contributed by atoms with E-state index in [1.54, 1.807) is 12.4 Å². The van der Waals surface area contributed by atoms with E-state index in [-0.39, 0.29) is 11.8 Å². The van der Waals surface area contributed by atoms with Crippen molar-refractivity contribution in [3.05, 3.63) is 12.4 Å². The Bertz CT molecular complexity index is 296. The van der Waals surface area contributed by atoms with Crippen molar-refractivity contribution in [1.29, 1.82) is 0 Å². The van der Waals surface area contributed by atoms with Gasteiger partial charge in [0.1, 0.15) is 0 Å². The van der Waals surface area contributed by atoms with E-state index in [9.17, 15) is 9.59 Å². The van der Waals surface area contributed by atoms with Crippen LogP contribution in [-0.4, -0.2) is 48.5 Å². The predicted molar refractivity (Wildman–Crippen MR) is 61.9 cm³/mol. The van der Waals surface area contributed by atoms with Gasteiger partial charge in [0, 0.05) is 45.4 Å². The van der Waals surface area contributed by atoms with Crippen LogP contribution in [-0.2, 0) is 9.59 Å². The maximum Gasteiger partial charge on any atom is 0.229 e. The van der Waals surface area contributed by atoms with Gasteiger partial charge in [-0.3, -0.25) is 19.5 Å². The van der Waals surface area contributed by atoms with Crippen LogP contribution in [0.25, 0.3) is 0 Å². The van der Waals surface area contributed by atoms with Crippen molar-refractivity contribution in [2.45, 2.75) is 19.3 Å². The maximum absolute atomic E-state index is 11.5. The molecule has 1 aliphatic rings. The van der Waals surface area contributed by atoms with Crippen molar-refractivity contribution in [3.8, 4) is 0 Å². The Balaban J connectivity index is 2.40. The Morgan fingerprint density at radius 1 is 1.44 bits per heavy atom. The summed E-state index contributed by atoms with van der Waals surface area (Å²) >= 11 is 0. The van der Waals surface area contributed by atoms with Crippen LogP contribution in [0.1, 0.15) is 19.3 Å². The third-order valence-electron chi connectivity index (χ3n) is 2.49. The highest BCUT2D eigenvalue weighted by atomic mass is 16.2. The summed E-state index contributed by atoms with van der Waals surface area (Å²) in [6.07, 6.45) is 4.98. The molecule has 0 aliphatic carbocycles. The normalized spacial score (nSPS) is 16.9. The van der Waals surface area contributed by atoms with Crippen molar-refractivity contribution in [3.63, 3.8) is 0 Å². The van der Waals surface area contributed by atoms with Gasteiger partial charge in [0.15, 0.2) is 0 Å². The number of likely N-dealkylation sites (N-methyl/N-ethyl adjacent to an activating group) is 1. The van der Waals surface area contributed by atoms with E-state index in [1.807, 2.05) is 11.9 Å². The molecule has 0 unspecified atom stereocenters. The second-order valence-electron chi connectivity index (χ2n) is 3.75. The van der Waals surface area contributed by atoms with E-state index >= 15 is 0 Å². The summed E-state index contributed by atoms with van der Waals surface area (Å²) in [4.78, 5) is 29.7. The lowest BCUT2D eigenvalue weighted by atomic mass is 10.1. The lowest BCUT2D eigenvalue weighted by molar-refractivity contribution is -0.148. The molecule has 0 N–H and O–H groups in total. The predicted octanol–water partition coefficient (Wildman–Crippen LogP) is 0.629. The first-order chi connectivity index (χ1) is 7.65. The van der Waals surface area contributed by atoms with Crippen LogP contribution in [0.4, 0.5) is 0 Å². The Kier molecular flexibility index (Phi) is 4.69. The van der Waals surface area contributed by atoms with Crippen LogP contribution in [0, 0.1) is 0 Å². The lowest BCUT2D eigenvalue weighted by Gasteiger charge is -2.26. The first-order valence-corrected chi connectivity index (χ1v) is 5.31.